The van der Waals surface area contributed by atoms with Crippen LogP contribution in [0.15, 0.2) is 66.1 Å². The van der Waals surface area contributed by atoms with Gasteiger partial charge in [0.25, 0.3) is 10.0 Å². The molecule has 3 unspecified atom stereocenters. The number of methoxy groups -OCH3 is 2. The minimum atomic E-state index is -4.57. The number of hydrogen-bond donors (Lipinski definition) is 0. The van der Waals surface area contributed by atoms with Gasteiger partial charge in [-0.1, -0.05) is 32.4 Å². The van der Waals surface area contributed by atoms with Crippen LogP contribution in [0, 0.1) is 5.82 Å². The van der Waals surface area contributed by atoms with Crippen LogP contribution < -0.4 is 18.5 Å². The van der Waals surface area contributed by atoms with E-state index in [0.29, 0.717) is 29.9 Å². The van der Waals surface area contributed by atoms with Crippen molar-refractivity contribution in [1.82, 2.24) is 19.7 Å². The summed E-state index contributed by atoms with van der Waals surface area (Å²) in [5.74, 6) is -0.150. The van der Waals surface area contributed by atoms with E-state index in [0.717, 1.165) is 28.6 Å². The summed E-state index contributed by atoms with van der Waals surface area (Å²) in [7, 11) is -1.75. The van der Waals surface area contributed by atoms with Gasteiger partial charge in [0.15, 0.2) is 8.32 Å². The molecular formula is C35H45ClFN5O6SSi. The molecule has 270 valence electrons. The highest BCUT2D eigenvalue weighted by Gasteiger charge is 2.43. The molecule has 3 atom stereocenters. The summed E-state index contributed by atoms with van der Waals surface area (Å²) < 4.78 is 71.4. The second-order valence-electron chi connectivity index (χ2n) is 13.9. The molecule has 11 nitrogen and oxygen atoms in total. The van der Waals surface area contributed by atoms with Crippen molar-refractivity contribution in [3.63, 3.8) is 0 Å². The van der Waals surface area contributed by atoms with E-state index in [9.17, 15) is 8.42 Å². The number of sulfonamides is 1. The van der Waals surface area contributed by atoms with E-state index in [1.807, 2.05) is 17.8 Å². The van der Waals surface area contributed by atoms with Crippen LogP contribution in [0.2, 0.25) is 23.2 Å². The van der Waals surface area contributed by atoms with Crippen LogP contribution in [0.4, 0.5) is 10.2 Å². The number of hydrogen-bond acceptors (Lipinski definition) is 9. The van der Waals surface area contributed by atoms with Gasteiger partial charge in [-0.2, -0.15) is 5.10 Å². The van der Waals surface area contributed by atoms with Gasteiger partial charge in [0.2, 0.25) is 0 Å². The van der Waals surface area contributed by atoms with Crippen molar-refractivity contribution in [1.29, 1.82) is 0 Å². The van der Waals surface area contributed by atoms with Gasteiger partial charge in [-0.3, -0.25) is 4.68 Å². The zero-order chi connectivity index (χ0) is 36.4. The molecule has 0 bridgehead atoms. The summed E-state index contributed by atoms with van der Waals surface area (Å²) in [5, 5.41) is 4.39. The molecule has 0 amide bonds. The number of anilines is 1. The lowest BCUT2D eigenvalue weighted by Gasteiger charge is -2.43. The number of nitrogens with zero attached hydrogens (tertiary/aromatic N) is 5. The predicted octanol–water partition coefficient (Wildman–Crippen LogP) is 7.52. The van der Waals surface area contributed by atoms with Crippen LogP contribution in [0.3, 0.4) is 0 Å². The maximum atomic E-state index is 16.1. The molecule has 1 fully saturated rings. The smallest absolute Gasteiger partial charge is 0.268 e. The van der Waals surface area contributed by atoms with Gasteiger partial charge in [0.1, 0.15) is 46.2 Å². The molecule has 0 N–H and O–H groups in total. The quantitative estimate of drug-likeness (QED) is 0.136. The molecule has 2 heterocycles. The Kier molecular flexibility index (Phi) is 11.2. The molecule has 0 aliphatic heterocycles. The summed E-state index contributed by atoms with van der Waals surface area (Å²) >= 11 is 6.72. The predicted molar refractivity (Wildman–Crippen MR) is 193 cm³/mol. The van der Waals surface area contributed by atoms with Crippen molar-refractivity contribution in [2.45, 2.75) is 87.7 Å². The highest BCUT2D eigenvalue weighted by Crippen LogP contribution is 2.44. The zero-order valence-electron chi connectivity index (χ0n) is 29.7. The van der Waals surface area contributed by atoms with Gasteiger partial charge in [-0.25, -0.2) is 27.1 Å². The van der Waals surface area contributed by atoms with Crippen LogP contribution in [0.5, 0.6) is 17.2 Å². The minimum absolute atomic E-state index is 0.0208. The van der Waals surface area contributed by atoms with Crippen LogP contribution in [-0.4, -0.2) is 62.9 Å². The summed E-state index contributed by atoms with van der Waals surface area (Å²) in [4.78, 5) is 7.44. The molecule has 50 heavy (non-hydrogen) atoms. The third-order valence-electron chi connectivity index (χ3n) is 9.71. The Morgan fingerprint density at radius 2 is 1.80 bits per heavy atom. The average molecular weight is 746 g/mol. The Balaban J connectivity index is 1.45. The SMILES string of the molecule is COc1ccc(CN(c2ccncn2)S(=O)(=O)c2cc(Cl)c(OC3CCC(O[Si](C)(C)C(C)(C)C)CC3c3ccnn3C)cc2F)c(OC)c1. The Bertz CT molecular complexity index is 1910. The molecule has 4 aromatic rings. The number of aryl methyl sites for hydroxylation is 1. The van der Waals surface area contributed by atoms with Crippen LogP contribution in [-0.2, 0) is 28.0 Å². The second kappa shape index (κ2) is 14.9. The minimum Gasteiger partial charge on any atom is -0.497 e. The molecule has 2 aromatic heterocycles. The highest BCUT2D eigenvalue weighted by molar-refractivity contribution is 7.92. The van der Waals surface area contributed by atoms with Crippen molar-refractivity contribution in [2.24, 2.45) is 7.05 Å². The number of rotatable bonds is 12. The number of aromatic nitrogens is 4. The van der Waals surface area contributed by atoms with Crippen molar-refractivity contribution in [2.75, 3.05) is 18.5 Å². The highest BCUT2D eigenvalue weighted by atomic mass is 35.5. The largest absolute Gasteiger partial charge is 0.497 e. The lowest BCUT2D eigenvalue weighted by atomic mass is 9.82. The Labute approximate surface area is 299 Å². The van der Waals surface area contributed by atoms with Gasteiger partial charge in [0.05, 0.1) is 25.8 Å². The fourth-order valence-electron chi connectivity index (χ4n) is 5.94. The number of benzene rings is 2. The summed E-state index contributed by atoms with van der Waals surface area (Å²) in [5.41, 5.74) is 1.46. The molecule has 1 saturated carbocycles. The van der Waals surface area contributed by atoms with Crippen molar-refractivity contribution >= 4 is 35.8 Å². The monoisotopic (exact) mass is 745 g/mol. The molecule has 5 rings (SSSR count). The topological polar surface area (TPSA) is 118 Å². The maximum absolute atomic E-state index is 16.1. The second-order valence-corrected chi connectivity index (χ2v) is 20.9. The molecule has 0 radical (unpaired) electrons. The van der Waals surface area contributed by atoms with Crippen LogP contribution in [0.1, 0.15) is 57.2 Å². The van der Waals surface area contributed by atoms with Gasteiger partial charge in [-0.05, 0) is 61.7 Å². The lowest BCUT2D eigenvalue weighted by molar-refractivity contribution is 0.0518. The van der Waals surface area contributed by atoms with E-state index in [2.05, 4.69) is 48.9 Å². The van der Waals surface area contributed by atoms with Gasteiger partial charge in [-0.15, -0.1) is 0 Å². The Morgan fingerprint density at radius 3 is 2.42 bits per heavy atom. The van der Waals surface area contributed by atoms with Crippen molar-refractivity contribution in [3.05, 3.63) is 83.3 Å². The Morgan fingerprint density at radius 1 is 1.04 bits per heavy atom. The third-order valence-corrected chi connectivity index (χ3v) is 16.3. The van der Waals surface area contributed by atoms with Crippen molar-refractivity contribution in [3.8, 4) is 17.2 Å². The summed E-state index contributed by atoms with van der Waals surface area (Å²) in [6, 6.07) is 10.5. The first kappa shape index (κ1) is 37.5. The normalized spacial score (nSPS) is 18.5. The number of ether oxygens (including phenoxy) is 3. The Hall–Kier alpha value is -3.72. The third kappa shape index (κ3) is 7.93. The molecule has 2 aromatic carbocycles. The molecule has 15 heteroatoms. The first-order chi connectivity index (χ1) is 23.6. The van der Waals surface area contributed by atoms with Gasteiger partial charge < -0.3 is 18.6 Å². The summed E-state index contributed by atoms with van der Waals surface area (Å²) in [6.45, 7) is 10.9. The molecular weight excluding hydrogens is 701 g/mol. The molecule has 0 saturated heterocycles. The van der Waals surface area contributed by atoms with E-state index >= 15 is 4.39 Å². The van der Waals surface area contributed by atoms with Crippen molar-refractivity contribution < 1.29 is 31.4 Å². The first-order valence-corrected chi connectivity index (χ1v) is 21.1. The standard InChI is InChI=1S/C35H45ClFN5O6SSi/c1-35(2,3)50(7,8)48-25-11-12-30(26(17-25)29-13-16-40-41(29)4)47-32-20-28(37)33(19-27(32)36)49(43,44)42(34-14-15-38-22-39-34)21-23-9-10-24(45-5)18-31(23)46-6/h9-10,13-16,18-20,22,25-26,30H,11-12,17,21H2,1-8H3. The van der Waals surface area contributed by atoms with Gasteiger partial charge in [0, 0.05) is 60.9 Å². The zero-order valence-corrected chi connectivity index (χ0v) is 32.3. The number of halogens is 2. The van der Waals surface area contributed by atoms with E-state index < -0.39 is 29.1 Å². The fraction of sp³-hybridized carbons (Fsp3) is 0.457. The molecule has 1 aliphatic rings. The first-order valence-electron chi connectivity index (χ1n) is 16.4. The molecule has 1 aliphatic carbocycles. The summed E-state index contributed by atoms with van der Waals surface area (Å²) in [6.07, 6.45) is 6.05. The molecule has 0 spiro atoms. The van der Waals surface area contributed by atoms with Gasteiger partial charge >= 0.3 is 0 Å². The van der Waals surface area contributed by atoms with E-state index in [1.54, 1.807) is 24.4 Å². The van der Waals surface area contributed by atoms with E-state index in [-0.39, 0.29) is 46.3 Å². The average Bonchev–Trinajstić information content (AvgIpc) is 3.50. The van der Waals surface area contributed by atoms with Crippen LogP contribution in [0.25, 0.3) is 0 Å². The van der Waals surface area contributed by atoms with E-state index in [4.69, 9.17) is 30.2 Å². The lowest BCUT2D eigenvalue weighted by Crippen LogP contribution is -2.46. The maximum Gasteiger partial charge on any atom is 0.268 e. The fourth-order valence-corrected chi connectivity index (χ4v) is 9.09. The van der Waals surface area contributed by atoms with Crippen LogP contribution >= 0.6 is 11.6 Å². The van der Waals surface area contributed by atoms with E-state index in [1.165, 1.54) is 32.8 Å².